The third-order valence-corrected chi connectivity index (χ3v) is 3.62. The molecule has 0 saturated heterocycles. The first-order valence-electron chi connectivity index (χ1n) is 6.75. The Morgan fingerprint density at radius 3 is 2.90 bits per heavy atom. The highest BCUT2D eigenvalue weighted by atomic mass is 19.1. The number of fused-ring (bicyclic) bond motifs is 1. The summed E-state index contributed by atoms with van der Waals surface area (Å²) in [4.78, 5) is 15.8. The van der Waals surface area contributed by atoms with Gasteiger partial charge >= 0.3 is 0 Å². The molecular formula is C16H15FN2O. The van der Waals surface area contributed by atoms with Crippen molar-refractivity contribution in [3.8, 4) is 0 Å². The van der Waals surface area contributed by atoms with Gasteiger partial charge in [0.25, 0.3) is 5.91 Å². The molecule has 0 saturated carbocycles. The zero-order valence-electron chi connectivity index (χ0n) is 11.0. The molecule has 3 rings (SSSR count). The van der Waals surface area contributed by atoms with Gasteiger partial charge in [-0.15, -0.1) is 0 Å². The molecule has 1 aromatic carbocycles. The summed E-state index contributed by atoms with van der Waals surface area (Å²) >= 11 is 0. The quantitative estimate of drug-likeness (QED) is 0.852. The van der Waals surface area contributed by atoms with Crippen LogP contribution in [-0.4, -0.2) is 10.9 Å². The normalized spacial score (nSPS) is 17.4. The molecule has 4 heteroatoms. The van der Waals surface area contributed by atoms with Crippen molar-refractivity contribution >= 4 is 5.91 Å². The Hall–Kier alpha value is -2.23. The lowest BCUT2D eigenvalue weighted by Gasteiger charge is -2.26. The molecule has 1 aliphatic carbocycles. The van der Waals surface area contributed by atoms with Gasteiger partial charge in [0.15, 0.2) is 0 Å². The predicted octanol–water partition coefficient (Wildman–Crippen LogP) is 3.03. The van der Waals surface area contributed by atoms with E-state index in [2.05, 4.69) is 16.4 Å². The molecule has 20 heavy (non-hydrogen) atoms. The standard InChI is InChI=1S/C16H15FN2O/c17-15-10-4-9-14(18-15)16(20)19-13-8-3-6-11-5-1-2-7-12(11)13/h1-2,4-5,7,9-10,13H,3,6,8H2,(H,19,20). The SMILES string of the molecule is O=C(NC1CCCc2ccccc21)c1cccc(F)n1. The number of carbonyl (C=O) groups is 1. The van der Waals surface area contributed by atoms with E-state index in [0.29, 0.717) is 0 Å². The van der Waals surface area contributed by atoms with Crippen LogP contribution in [0.1, 0.15) is 40.5 Å². The second-order valence-corrected chi connectivity index (χ2v) is 4.96. The van der Waals surface area contributed by atoms with Crippen LogP contribution in [0.25, 0.3) is 0 Å². The van der Waals surface area contributed by atoms with Gasteiger partial charge in [0.05, 0.1) is 6.04 Å². The molecule has 1 atom stereocenters. The molecule has 0 fully saturated rings. The van der Waals surface area contributed by atoms with Crippen LogP contribution in [-0.2, 0) is 6.42 Å². The summed E-state index contributed by atoms with van der Waals surface area (Å²) in [5.74, 6) is -0.965. The van der Waals surface area contributed by atoms with Gasteiger partial charge in [-0.25, -0.2) is 4.98 Å². The maximum atomic E-state index is 13.1. The zero-order chi connectivity index (χ0) is 13.9. The summed E-state index contributed by atoms with van der Waals surface area (Å²) < 4.78 is 13.1. The monoisotopic (exact) mass is 270 g/mol. The number of hydrogen-bond donors (Lipinski definition) is 1. The zero-order valence-corrected chi connectivity index (χ0v) is 11.0. The van der Waals surface area contributed by atoms with E-state index < -0.39 is 5.95 Å². The number of halogens is 1. The molecule has 1 heterocycles. The smallest absolute Gasteiger partial charge is 0.270 e. The van der Waals surface area contributed by atoms with E-state index in [0.717, 1.165) is 24.8 Å². The van der Waals surface area contributed by atoms with Crippen LogP contribution in [0.4, 0.5) is 4.39 Å². The number of nitrogens with zero attached hydrogens (tertiary/aromatic N) is 1. The van der Waals surface area contributed by atoms with E-state index in [4.69, 9.17) is 0 Å². The van der Waals surface area contributed by atoms with Crippen LogP contribution < -0.4 is 5.32 Å². The first-order chi connectivity index (χ1) is 9.74. The van der Waals surface area contributed by atoms with E-state index in [1.165, 1.54) is 23.8 Å². The number of carbonyl (C=O) groups excluding carboxylic acids is 1. The van der Waals surface area contributed by atoms with Crippen molar-refractivity contribution in [1.82, 2.24) is 10.3 Å². The second-order valence-electron chi connectivity index (χ2n) is 4.96. The number of aryl methyl sites for hydroxylation is 1. The van der Waals surface area contributed by atoms with E-state index in [-0.39, 0.29) is 17.6 Å². The number of benzene rings is 1. The van der Waals surface area contributed by atoms with Crippen molar-refractivity contribution in [3.63, 3.8) is 0 Å². The number of nitrogens with one attached hydrogen (secondary N) is 1. The number of rotatable bonds is 2. The molecule has 102 valence electrons. The van der Waals surface area contributed by atoms with Crippen molar-refractivity contribution in [2.24, 2.45) is 0 Å². The van der Waals surface area contributed by atoms with Crippen LogP contribution >= 0.6 is 0 Å². The van der Waals surface area contributed by atoms with Crippen LogP contribution in [0.2, 0.25) is 0 Å². The highest BCUT2D eigenvalue weighted by Crippen LogP contribution is 2.29. The summed E-state index contributed by atoms with van der Waals surface area (Å²) in [5.41, 5.74) is 2.55. The van der Waals surface area contributed by atoms with E-state index in [9.17, 15) is 9.18 Å². The lowest BCUT2D eigenvalue weighted by Crippen LogP contribution is -2.31. The predicted molar refractivity (Wildman–Crippen MR) is 73.8 cm³/mol. The van der Waals surface area contributed by atoms with Crippen molar-refractivity contribution in [2.75, 3.05) is 0 Å². The molecule has 0 bridgehead atoms. The topological polar surface area (TPSA) is 42.0 Å². The largest absolute Gasteiger partial charge is 0.344 e. The van der Waals surface area contributed by atoms with Crippen molar-refractivity contribution in [2.45, 2.75) is 25.3 Å². The van der Waals surface area contributed by atoms with Gasteiger partial charge in [-0.3, -0.25) is 4.79 Å². The van der Waals surface area contributed by atoms with Crippen LogP contribution in [0, 0.1) is 5.95 Å². The van der Waals surface area contributed by atoms with Gasteiger partial charge in [0.2, 0.25) is 5.95 Å². The second kappa shape index (κ2) is 5.41. The molecule has 1 aromatic heterocycles. The molecule has 0 radical (unpaired) electrons. The average molecular weight is 270 g/mol. The summed E-state index contributed by atoms with van der Waals surface area (Å²) in [6, 6.07) is 12.3. The lowest BCUT2D eigenvalue weighted by molar-refractivity contribution is 0.0926. The highest BCUT2D eigenvalue weighted by Gasteiger charge is 2.22. The molecule has 1 aliphatic rings. The fourth-order valence-electron chi connectivity index (χ4n) is 2.67. The number of hydrogen-bond acceptors (Lipinski definition) is 2. The van der Waals surface area contributed by atoms with Crippen LogP contribution in [0.15, 0.2) is 42.5 Å². The third-order valence-electron chi connectivity index (χ3n) is 3.62. The highest BCUT2D eigenvalue weighted by molar-refractivity contribution is 5.92. The Kier molecular flexibility index (Phi) is 3.46. The first kappa shape index (κ1) is 12.8. The molecule has 1 amide bonds. The summed E-state index contributed by atoms with van der Waals surface area (Å²) in [5, 5.41) is 2.95. The molecule has 0 spiro atoms. The molecular weight excluding hydrogens is 255 g/mol. The van der Waals surface area contributed by atoms with E-state index in [1.807, 2.05) is 18.2 Å². The fraction of sp³-hybridized carbons (Fsp3) is 0.250. The fourth-order valence-corrected chi connectivity index (χ4v) is 2.67. The Labute approximate surface area is 116 Å². The van der Waals surface area contributed by atoms with Crippen LogP contribution in [0.5, 0.6) is 0 Å². The number of pyridine rings is 1. The van der Waals surface area contributed by atoms with Gasteiger partial charge in [-0.05, 0) is 42.5 Å². The summed E-state index contributed by atoms with van der Waals surface area (Å²) in [6.07, 6.45) is 2.98. The van der Waals surface area contributed by atoms with Gasteiger partial charge in [0.1, 0.15) is 5.69 Å². The number of aromatic nitrogens is 1. The lowest BCUT2D eigenvalue weighted by atomic mass is 9.87. The minimum absolute atomic E-state index is 0.0162. The van der Waals surface area contributed by atoms with E-state index in [1.54, 1.807) is 0 Å². The van der Waals surface area contributed by atoms with Crippen molar-refractivity contribution < 1.29 is 9.18 Å². The van der Waals surface area contributed by atoms with Gasteiger partial charge < -0.3 is 5.32 Å². The first-order valence-corrected chi connectivity index (χ1v) is 6.75. The van der Waals surface area contributed by atoms with Crippen molar-refractivity contribution in [1.29, 1.82) is 0 Å². The number of amides is 1. The summed E-state index contributed by atoms with van der Waals surface area (Å²) in [6.45, 7) is 0. The Morgan fingerprint density at radius 1 is 1.20 bits per heavy atom. The molecule has 0 aliphatic heterocycles. The van der Waals surface area contributed by atoms with Crippen molar-refractivity contribution in [3.05, 3.63) is 65.2 Å². The van der Waals surface area contributed by atoms with Gasteiger partial charge in [-0.2, -0.15) is 4.39 Å². The third kappa shape index (κ3) is 2.54. The Bertz CT molecular complexity index is 642. The van der Waals surface area contributed by atoms with Gasteiger partial charge in [0, 0.05) is 0 Å². The Morgan fingerprint density at radius 2 is 2.05 bits per heavy atom. The Balaban J connectivity index is 1.81. The maximum Gasteiger partial charge on any atom is 0.270 e. The average Bonchev–Trinajstić information content (AvgIpc) is 2.47. The molecule has 2 aromatic rings. The van der Waals surface area contributed by atoms with Gasteiger partial charge in [-0.1, -0.05) is 30.3 Å². The summed E-state index contributed by atoms with van der Waals surface area (Å²) in [7, 11) is 0. The molecule has 3 nitrogen and oxygen atoms in total. The minimum atomic E-state index is -0.637. The molecule has 1 unspecified atom stereocenters. The van der Waals surface area contributed by atoms with E-state index >= 15 is 0 Å². The van der Waals surface area contributed by atoms with Crippen LogP contribution in [0.3, 0.4) is 0 Å². The molecule has 1 N–H and O–H groups in total. The minimum Gasteiger partial charge on any atom is -0.344 e. The maximum absolute atomic E-state index is 13.1.